The molecule has 3 aromatic carbocycles. The second kappa shape index (κ2) is 9.03. The molecule has 0 aromatic heterocycles. The van der Waals surface area contributed by atoms with Crippen LogP contribution in [-0.2, 0) is 16.6 Å². The molecule has 6 heteroatoms. The molecular formula is C23H24N2O3S. The molecule has 0 heterocycles. The highest BCUT2D eigenvalue weighted by Crippen LogP contribution is 2.17. The van der Waals surface area contributed by atoms with Crippen molar-refractivity contribution in [2.75, 3.05) is 7.05 Å². The minimum absolute atomic E-state index is 0.106. The van der Waals surface area contributed by atoms with Gasteiger partial charge in [-0.3, -0.25) is 4.79 Å². The molecule has 1 atom stereocenters. The van der Waals surface area contributed by atoms with E-state index in [-0.39, 0.29) is 23.4 Å². The van der Waals surface area contributed by atoms with Gasteiger partial charge < -0.3 is 5.32 Å². The van der Waals surface area contributed by atoms with Gasteiger partial charge in [0.15, 0.2) is 0 Å². The van der Waals surface area contributed by atoms with Gasteiger partial charge >= 0.3 is 0 Å². The summed E-state index contributed by atoms with van der Waals surface area (Å²) >= 11 is 0. The Labute approximate surface area is 172 Å². The lowest BCUT2D eigenvalue weighted by Crippen LogP contribution is -2.27. The second-order valence-corrected chi connectivity index (χ2v) is 8.92. The number of rotatable bonds is 7. The fraction of sp³-hybridized carbons (Fsp3) is 0.174. The third kappa shape index (κ3) is 5.10. The van der Waals surface area contributed by atoms with E-state index in [1.54, 1.807) is 61.6 Å². The van der Waals surface area contributed by atoms with Crippen LogP contribution in [0.2, 0.25) is 0 Å². The average molecular weight is 409 g/mol. The van der Waals surface area contributed by atoms with Crippen molar-refractivity contribution in [3.05, 3.63) is 102 Å². The zero-order chi connectivity index (χ0) is 20.9. The zero-order valence-electron chi connectivity index (χ0n) is 16.4. The lowest BCUT2D eigenvalue weighted by Gasteiger charge is -2.18. The maximum absolute atomic E-state index is 12.6. The third-order valence-corrected chi connectivity index (χ3v) is 6.54. The largest absolute Gasteiger partial charge is 0.346 e. The molecule has 150 valence electrons. The van der Waals surface area contributed by atoms with Crippen molar-refractivity contribution in [1.29, 1.82) is 0 Å². The monoisotopic (exact) mass is 408 g/mol. The van der Waals surface area contributed by atoms with Gasteiger partial charge in [-0.05, 0) is 42.3 Å². The lowest BCUT2D eigenvalue weighted by molar-refractivity contribution is 0.0940. The van der Waals surface area contributed by atoms with Crippen molar-refractivity contribution in [2.45, 2.75) is 24.4 Å². The summed E-state index contributed by atoms with van der Waals surface area (Å²) in [7, 11) is -2.01. The molecular weight excluding hydrogens is 384 g/mol. The van der Waals surface area contributed by atoms with Crippen LogP contribution < -0.4 is 5.32 Å². The van der Waals surface area contributed by atoms with E-state index < -0.39 is 10.0 Å². The topological polar surface area (TPSA) is 66.5 Å². The van der Waals surface area contributed by atoms with Crippen LogP contribution in [0.4, 0.5) is 0 Å². The number of sulfonamides is 1. The highest BCUT2D eigenvalue weighted by Gasteiger charge is 2.20. The fourth-order valence-corrected chi connectivity index (χ4v) is 4.16. The number of nitrogens with zero attached hydrogens (tertiary/aromatic N) is 1. The predicted molar refractivity (Wildman–Crippen MR) is 114 cm³/mol. The Hall–Kier alpha value is -2.96. The Balaban J connectivity index is 1.65. The quantitative estimate of drug-likeness (QED) is 0.643. The minimum Gasteiger partial charge on any atom is -0.346 e. The van der Waals surface area contributed by atoms with Crippen LogP contribution in [0.3, 0.4) is 0 Å². The van der Waals surface area contributed by atoms with Crippen molar-refractivity contribution in [3.8, 4) is 0 Å². The van der Waals surface area contributed by atoms with Gasteiger partial charge in [0.05, 0.1) is 10.9 Å². The molecule has 29 heavy (non-hydrogen) atoms. The van der Waals surface area contributed by atoms with E-state index in [9.17, 15) is 13.2 Å². The minimum atomic E-state index is -3.56. The molecule has 3 aromatic rings. The summed E-state index contributed by atoms with van der Waals surface area (Å²) in [5.74, 6) is -0.168. The molecule has 3 rings (SSSR count). The maximum Gasteiger partial charge on any atom is 0.251 e. The average Bonchev–Trinajstić information content (AvgIpc) is 2.75. The number of carbonyl (C=O) groups is 1. The highest BCUT2D eigenvalue weighted by molar-refractivity contribution is 7.89. The number of hydrogen-bond acceptors (Lipinski definition) is 3. The molecule has 1 N–H and O–H groups in total. The van der Waals surface area contributed by atoms with E-state index in [1.807, 2.05) is 37.3 Å². The molecule has 0 aliphatic heterocycles. The second-order valence-electron chi connectivity index (χ2n) is 6.88. The lowest BCUT2D eigenvalue weighted by atomic mass is 10.1. The third-order valence-electron chi connectivity index (χ3n) is 4.72. The van der Waals surface area contributed by atoms with Crippen LogP contribution in [0, 0.1) is 0 Å². The van der Waals surface area contributed by atoms with Crippen LogP contribution in [-0.4, -0.2) is 25.7 Å². The van der Waals surface area contributed by atoms with Gasteiger partial charge in [0.25, 0.3) is 5.91 Å². The SMILES string of the molecule is CC(NC(=O)c1ccc(CN(C)S(=O)(=O)c2ccccc2)cc1)c1ccccc1. The van der Waals surface area contributed by atoms with Crippen LogP contribution in [0.1, 0.15) is 34.5 Å². The fourth-order valence-electron chi connectivity index (χ4n) is 2.98. The van der Waals surface area contributed by atoms with Crippen molar-refractivity contribution in [1.82, 2.24) is 9.62 Å². The van der Waals surface area contributed by atoms with Gasteiger partial charge in [-0.1, -0.05) is 60.7 Å². The van der Waals surface area contributed by atoms with E-state index in [0.29, 0.717) is 5.56 Å². The van der Waals surface area contributed by atoms with Gasteiger partial charge in [0.1, 0.15) is 0 Å². The zero-order valence-corrected chi connectivity index (χ0v) is 17.3. The Bertz CT molecular complexity index is 1050. The van der Waals surface area contributed by atoms with Crippen LogP contribution in [0.5, 0.6) is 0 Å². The maximum atomic E-state index is 12.6. The van der Waals surface area contributed by atoms with E-state index in [2.05, 4.69) is 5.32 Å². The first-order chi connectivity index (χ1) is 13.9. The van der Waals surface area contributed by atoms with Crippen molar-refractivity contribution >= 4 is 15.9 Å². The van der Waals surface area contributed by atoms with Crippen LogP contribution >= 0.6 is 0 Å². The number of carbonyl (C=O) groups excluding carboxylic acids is 1. The molecule has 0 aliphatic rings. The van der Waals surface area contributed by atoms with E-state index >= 15 is 0 Å². The summed E-state index contributed by atoms with van der Waals surface area (Å²) in [6, 6.07) is 25.0. The molecule has 0 spiro atoms. The van der Waals surface area contributed by atoms with Gasteiger partial charge in [-0.15, -0.1) is 0 Å². The molecule has 0 bridgehead atoms. The van der Waals surface area contributed by atoms with Crippen molar-refractivity contribution in [2.24, 2.45) is 0 Å². The molecule has 1 unspecified atom stereocenters. The summed E-state index contributed by atoms with van der Waals surface area (Å²) in [6.07, 6.45) is 0. The van der Waals surface area contributed by atoms with E-state index in [1.165, 1.54) is 4.31 Å². The van der Waals surface area contributed by atoms with Gasteiger partial charge in [-0.25, -0.2) is 8.42 Å². The Kier molecular flexibility index (Phi) is 6.46. The standard InChI is InChI=1S/C23H24N2O3S/c1-18(20-9-5-3-6-10-20)24-23(26)21-15-13-19(14-16-21)17-25(2)29(27,28)22-11-7-4-8-12-22/h3-16,18H,17H2,1-2H3,(H,24,26). The molecule has 0 aliphatic carbocycles. The Morgan fingerprint density at radius 1 is 0.897 bits per heavy atom. The summed E-state index contributed by atoms with van der Waals surface area (Å²) in [5, 5.41) is 2.97. The Morgan fingerprint density at radius 2 is 1.45 bits per heavy atom. The van der Waals surface area contributed by atoms with Crippen LogP contribution in [0.15, 0.2) is 89.8 Å². The van der Waals surface area contributed by atoms with Gasteiger partial charge in [0.2, 0.25) is 10.0 Å². The first-order valence-corrected chi connectivity index (χ1v) is 10.8. The number of hydrogen-bond donors (Lipinski definition) is 1. The summed E-state index contributed by atoms with van der Waals surface area (Å²) < 4.78 is 26.6. The molecule has 0 saturated carbocycles. The highest BCUT2D eigenvalue weighted by atomic mass is 32.2. The first kappa shape index (κ1) is 20.8. The molecule has 0 saturated heterocycles. The molecule has 5 nitrogen and oxygen atoms in total. The van der Waals surface area contributed by atoms with Crippen molar-refractivity contribution in [3.63, 3.8) is 0 Å². The van der Waals surface area contributed by atoms with E-state index in [4.69, 9.17) is 0 Å². The first-order valence-electron chi connectivity index (χ1n) is 9.34. The predicted octanol–water partition coefficient (Wildman–Crippen LogP) is 4.00. The summed E-state index contributed by atoms with van der Waals surface area (Å²) in [5.41, 5.74) is 2.37. The smallest absolute Gasteiger partial charge is 0.251 e. The molecule has 1 amide bonds. The normalized spacial score (nSPS) is 12.5. The van der Waals surface area contributed by atoms with Crippen molar-refractivity contribution < 1.29 is 13.2 Å². The summed E-state index contributed by atoms with van der Waals surface area (Å²) in [6.45, 7) is 2.16. The van der Waals surface area contributed by atoms with E-state index in [0.717, 1.165) is 11.1 Å². The summed E-state index contributed by atoms with van der Waals surface area (Å²) in [4.78, 5) is 12.7. The Morgan fingerprint density at radius 3 is 2.03 bits per heavy atom. The van der Waals surface area contributed by atoms with Gasteiger partial charge in [0, 0.05) is 19.2 Å². The number of amides is 1. The number of benzene rings is 3. The molecule has 0 radical (unpaired) electrons. The van der Waals surface area contributed by atoms with Crippen LogP contribution in [0.25, 0.3) is 0 Å². The van der Waals surface area contributed by atoms with Gasteiger partial charge in [-0.2, -0.15) is 4.31 Å². The molecule has 0 fully saturated rings. The number of nitrogens with one attached hydrogen (secondary N) is 1.